The van der Waals surface area contributed by atoms with E-state index in [1.807, 2.05) is 0 Å². The number of hydrogen-bond acceptors (Lipinski definition) is 3. The van der Waals surface area contributed by atoms with Crippen LogP contribution in [0.3, 0.4) is 0 Å². The maximum absolute atomic E-state index is 10.8. The van der Waals surface area contributed by atoms with Crippen LogP contribution in [0.4, 0.5) is 0 Å². The van der Waals surface area contributed by atoms with Gasteiger partial charge in [-0.1, -0.05) is 0 Å². The van der Waals surface area contributed by atoms with E-state index in [2.05, 4.69) is 0 Å². The molecule has 1 aliphatic carbocycles. The van der Waals surface area contributed by atoms with Gasteiger partial charge >= 0.3 is 62.2 Å². The molecule has 0 aromatic carbocycles. The van der Waals surface area contributed by atoms with Gasteiger partial charge in [-0.15, -0.1) is 0 Å². The molecule has 0 aromatic rings. The standard InChI is InChI=1S/C5H5O2.CH3.Co.O/c6-4-1-2-5(7)3-4;;;/h3H,1-2H2;1H3;;. The zero-order valence-electron chi connectivity index (χ0n) is 5.55. The van der Waals surface area contributed by atoms with Gasteiger partial charge in [0.25, 0.3) is 0 Å². The molecule has 10 heavy (non-hydrogen) atoms. The third-order valence-corrected chi connectivity index (χ3v) is 2.94. The first-order valence-corrected chi connectivity index (χ1v) is 4.92. The fraction of sp³-hybridized carbons (Fsp3) is 0.667. The number of ketones is 2. The van der Waals surface area contributed by atoms with E-state index in [-0.39, 0.29) is 24.4 Å². The Morgan fingerprint density at radius 1 is 1.30 bits per heavy atom. The van der Waals surface area contributed by atoms with Crippen molar-refractivity contribution in [2.45, 2.75) is 23.6 Å². The molecule has 4 heteroatoms. The zero-order chi connectivity index (χ0) is 7.72. The van der Waals surface area contributed by atoms with Crippen LogP contribution in [0.2, 0.25) is 10.7 Å². The molecule has 0 bridgehead atoms. The molecule has 0 saturated heterocycles. The minimum atomic E-state index is -1.61. The van der Waals surface area contributed by atoms with E-state index >= 15 is 0 Å². The second-order valence-corrected chi connectivity index (χ2v) is 4.05. The first-order valence-electron chi connectivity index (χ1n) is 2.85. The van der Waals surface area contributed by atoms with Gasteiger partial charge in [-0.05, 0) is 0 Å². The average Bonchev–Trinajstić information content (AvgIpc) is 2.11. The normalized spacial score (nSPS) is 21.9. The van der Waals surface area contributed by atoms with Crippen LogP contribution in [-0.2, 0) is 27.0 Å². The van der Waals surface area contributed by atoms with E-state index < -0.39 is 18.4 Å². The molecule has 1 aliphatic rings. The Bertz CT molecular complexity index is 193. The van der Waals surface area contributed by atoms with Gasteiger partial charge in [-0.3, -0.25) is 0 Å². The summed E-state index contributed by atoms with van der Waals surface area (Å²) in [4.78, 5) is 20.9. The number of carbonyl (C=O) groups is 2. The Morgan fingerprint density at radius 2 is 1.70 bits per heavy atom. The van der Waals surface area contributed by atoms with Crippen LogP contribution >= 0.6 is 0 Å². The molecule has 3 nitrogen and oxygen atoms in total. The van der Waals surface area contributed by atoms with Gasteiger partial charge in [0, 0.05) is 0 Å². The molecule has 1 fully saturated rings. The van der Waals surface area contributed by atoms with Gasteiger partial charge < -0.3 is 0 Å². The molecule has 0 amide bonds. The van der Waals surface area contributed by atoms with Crippen molar-refractivity contribution in [3.8, 4) is 0 Å². The van der Waals surface area contributed by atoms with Crippen molar-refractivity contribution < 1.29 is 27.0 Å². The summed E-state index contributed by atoms with van der Waals surface area (Å²) in [6.45, 7) is 0. The Kier molecular flexibility index (Phi) is 2.10. The quantitative estimate of drug-likeness (QED) is 0.568. The summed E-state index contributed by atoms with van der Waals surface area (Å²) in [7, 11) is 0. The molecule has 1 rings (SSSR count). The molecule has 0 spiro atoms. The van der Waals surface area contributed by atoms with Crippen LogP contribution in [-0.4, -0.2) is 11.6 Å². The van der Waals surface area contributed by atoms with E-state index in [0.717, 1.165) is 0 Å². The van der Waals surface area contributed by atoms with Gasteiger partial charge in [0.2, 0.25) is 0 Å². The monoisotopic (exact) mass is 187 g/mol. The predicted molar refractivity (Wildman–Crippen MR) is 29.5 cm³/mol. The Labute approximate surface area is 62.7 Å². The number of carbonyl (C=O) groups excluding carboxylic acids is 2. The van der Waals surface area contributed by atoms with Crippen molar-refractivity contribution in [2.24, 2.45) is 0 Å². The van der Waals surface area contributed by atoms with E-state index in [1.54, 1.807) is 0 Å². The molecule has 0 heterocycles. The summed E-state index contributed by atoms with van der Waals surface area (Å²) in [5.74, 6) is 1.14. The first-order chi connectivity index (χ1) is 4.63. The van der Waals surface area contributed by atoms with Crippen molar-refractivity contribution in [3.05, 3.63) is 0 Å². The second-order valence-electron chi connectivity index (χ2n) is 2.18. The third-order valence-electron chi connectivity index (χ3n) is 1.43. The fourth-order valence-corrected chi connectivity index (χ4v) is 2.21. The maximum atomic E-state index is 10.8. The number of rotatable bonds is 1. The summed E-state index contributed by atoms with van der Waals surface area (Å²) >= 11 is -1.61. The van der Waals surface area contributed by atoms with Gasteiger partial charge in [0.1, 0.15) is 0 Å². The second kappa shape index (κ2) is 2.71. The zero-order valence-corrected chi connectivity index (χ0v) is 6.59. The summed E-state index contributed by atoms with van der Waals surface area (Å²) in [6.07, 6.45) is 0.579. The van der Waals surface area contributed by atoms with Gasteiger partial charge in [-0.25, -0.2) is 0 Å². The predicted octanol–water partition coefficient (Wildman–Crippen LogP) is 0.719. The van der Waals surface area contributed by atoms with Crippen molar-refractivity contribution in [1.29, 1.82) is 0 Å². The van der Waals surface area contributed by atoms with E-state index in [9.17, 15) is 13.5 Å². The number of hydrogen-bond donors (Lipinski definition) is 0. The molecule has 0 radical (unpaired) electrons. The Hall–Kier alpha value is -0.354. The topological polar surface area (TPSA) is 51.2 Å². The molecular weight excluding hydrogens is 179 g/mol. The van der Waals surface area contributed by atoms with Crippen LogP contribution in [0.15, 0.2) is 0 Å². The molecule has 0 unspecified atom stereocenters. The average molecular weight is 187 g/mol. The first kappa shape index (κ1) is 7.75. The molecule has 0 atom stereocenters. The number of Topliss-reactive ketones (excluding diaryl/α,β-unsaturated/α-hetero) is 2. The molecule has 0 aliphatic heterocycles. The van der Waals surface area contributed by atoms with Gasteiger partial charge in [-0.2, -0.15) is 0 Å². The van der Waals surface area contributed by atoms with Crippen LogP contribution < -0.4 is 0 Å². The van der Waals surface area contributed by atoms with E-state index in [4.69, 9.17) is 0 Å². The van der Waals surface area contributed by atoms with Crippen LogP contribution in [0, 0.1) is 0 Å². The van der Waals surface area contributed by atoms with Crippen LogP contribution in [0.1, 0.15) is 12.8 Å². The van der Waals surface area contributed by atoms with E-state index in [0.29, 0.717) is 0 Å². The van der Waals surface area contributed by atoms with Crippen molar-refractivity contribution in [3.63, 3.8) is 0 Å². The van der Waals surface area contributed by atoms with Gasteiger partial charge in [0.05, 0.1) is 0 Å². The van der Waals surface area contributed by atoms with E-state index in [1.165, 1.54) is 5.86 Å². The Morgan fingerprint density at radius 3 is 1.90 bits per heavy atom. The molecule has 1 saturated carbocycles. The summed E-state index contributed by atoms with van der Waals surface area (Å²) in [5, 5.41) is 0. The minimum absolute atomic E-state index is 0.146. The molecule has 59 valence electrons. The van der Waals surface area contributed by atoms with Crippen LogP contribution in [0.5, 0.6) is 0 Å². The summed E-state index contributed by atoms with van der Waals surface area (Å²) in [6, 6.07) is 0. The summed E-state index contributed by atoms with van der Waals surface area (Å²) in [5.41, 5.74) is 0. The molecule has 0 N–H and O–H groups in total. The fourth-order valence-electron chi connectivity index (χ4n) is 0.969. The summed E-state index contributed by atoms with van der Waals surface area (Å²) < 4.78 is 10.8. The molecule has 0 aromatic heterocycles. The Balaban J connectivity index is 2.82. The van der Waals surface area contributed by atoms with Crippen LogP contribution in [0.25, 0.3) is 0 Å². The van der Waals surface area contributed by atoms with Crippen molar-refractivity contribution >= 4 is 11.6 Å². The van der Waals surface area contributed by atoms with Gasteiger partial charge in [0.15, 0.2) is 0 Å². The van der Waals surface area contributed by atoms with Crippen molar-refractivity contribution in [1.82, 2.24) is 0 Å². The third kappa shape index (κ3) is 1.22. The SMILES string of the molecule is [CH3][Co](=[O])[CH]1C(=O)CCC1=O. The molecular formula is C6H8CoO3. The van der Waals surface area contributed by atoms with Crippen molar-refractivity contribution in [2.75, 3.05) is 0 Å².